The maximum atomic E-state index is 13.9. The molecular weight excluding hydrogens is 241 g/mol. The molecule has 0 spiro atoms. The van der Waals surface area contributed by atoms with E-state index in [2.05, 4.69) is 17.2 Å². The normalized spacial score (nSPS) is 12.6. The van der Waals surface area contributed by atoms with Gasteiger partial charge in [-0.05, 0) is 26.0 Å². The Bertz CT molecular complexity index is 522. The second-order valence-corrected chi connectivity index (χ2v) is 4.66. The van der Waals surface area contributed by atoms with Gasteiger partial charge in [-0.2, -0.15) is 0 Å². The summed E-state index contributed by atoms with van der Waals surface area (Å²) in [5, 5.41) is 3.40. The fourth-order valence-corrected chi connectivity index (χ4v) is 2.14. The molecule has 1 unspecified atom stereocenters. The van der Waals surface area contributed by atoms with E-state index in [0.29, 0.717) is 12.1 Å². The quantitative estimate of drug-likeness (QED) is 0.866. The van der Waals surface area contributed by atoms with Crippen LogP contribution in [-0.4, -0.2) is 16.1 Å². The zero-order valence-corrected chi connectivity index (χ0v) is 11.4. The van der Waals surface area contributed by atoms with Crippen molar-refractivity contribution in [1.29, 1.82) is 0 Å². The third-order valence-corrected chi connectivity index (χ3v) is 3.22. The molecule has 102 valence electrons. The minimum Gasteiger partial charge on any atom is -0.333 e. The van der Waals surface area contributed by atoms with Gasteiger partial charge >= 0.3 is 0 Å². The van der Waals surface area contributed by atoms with Crippen molar-refractivity contribution >= 4 is 0 Å². The Kier molecular flexibility index (Phi) is 4.68. The van der Waals surface area contributed by atoms with E-state index in [0.717, 1.165) is 18.8 Å². The molecule has 3 nitrogen and oxygen atoms in total. The third kappa shape index (κ3) is 3.41. The lowest BCUT2D eigenvalue weighted by Crippen LogP contribution is -2.27. The zero-order chi connectivity index (χ0) is 13.7. The molecular formula is C15H20FN3. The Labute approximate surface area is 113 Å². The summed E-state index contributed by atoms with van der Waals surface area (Å²) >= 11 is 0. The van der Waals surface area contributed by atoms with Gasteiger partial charge in [-0.3, -0.25) is 0 Å². The van der Waals surface area contributed by atoms with Crippen LogP contribution in [0.4, 0.5) is 4.39 Å². The number of aromatic nitrogens is 2. The van der Waals surface area contributed by atoms with Gasteiger partial charge in [0.05, 0.1) is 6.04 Å². The summed E-state index contributed by atoms with van der Waals surface area (Å²) < 4.78 is 16.0. The van der Waals surface area contributed by atoms with E-state index in [4.69, 9.17) is 0 Å². The van der Waals surface area contributed by atoms with Crippen LogP contribution in [0.3, 0.4) is 0 Å². The standard InChI is InChI=1S/C15H20FN3/c1-3-8-18-15(11-19-10-9-17-12(19)2)13-6-4-5-7-14(13)16/h4-7,9-10,15,18H,3,8,11H2,1-2H3. The van der Waals surface area contributed by atoms with E-state index in [-0.39, 0.29) is 11.9 Å². The summed E-state index contributed by atoms with van der Waals surface area (Å²) in [5.74, 6) is 0.786. The summed E-state index contributed by atoms with van der Waals surface area (Å²) in [7, 11) is 0. The van der Waals surface area contributed by atoms with E-state index in [1.165, 1.54) is 6.07 Å². The lowest BCUT2D eigenvalue weighted by Gasteiger charge is -2.20. The number of halogens is 1. The fourth-order valence-electron chi connectivity index (χ4n) is 2.14. The van der Waals surface area contributed by atoms with Crippen LogP contribution >= 0.6 is 0 Å². The molecule has 19 heavy (non-hydrogen) atoms. The Morgan fingerprint density at radius 2 is 2.16 bits per heavy atom. The van der Waals surface area contributed by atoms with E-state index in [1.54, 1.807) is 12.3 Å². The summed E-state index contributed by atoms with van der Waals surface area (Å²) in [5.41, 5.74) is 0.712. The molecule has 0 saturated carbocycles. The van der Waals surface area contributed by atoms with Gasteiger partial charge < -0.3 is 9.88 Å². The average molecular weight is 261 g/mol. The number of aryl methyl sites for hydroxylation is 1. The first-order valence-electron chi connectivity index (χ1n) is 6.68. The highest BCUT2D eigenvalue weighted by Gasteiger charge is 2.15. The SMILES string of the molecule is CCCNC(Cn1ccnc1C)c1ccccc1F. The predicted octanol–water partition coefficient (Wildman–Crippen LogP) is 3.07. The van der Waals surface area contributed by atoms with Crippen LogP contribution < -0.4 is 5.32 Å². The van der Waals surface area contributed by atoms with Crippen molar-refractivity contribution in [3.63, 3.8) is 0 Å². The molecule has 0 fully saturated rings. The molecule has 1 heterocycles. The van der Waals surface area contributed by atoms with Crippen molar-refractivity contribution in [3.8, 4) is 0 Å². The molecule has 0 aliphatic rings. The minimum absolute atomic E-state index is 0.0333. The first kappa shape index (κ1) is 13.7. The van der Waals surface area contributed by atoms with Gasteiger partial charge in [0.1, 0.15) is 11.6 Å². The molecule has 0 aliphatic carbocycles. The minimum atomic E-state index is -0.158. The first-order valence-corrected chi connectivity index (χ1v) is 6.68. The lowest BCUT2D eigenvalue weighted by atomic mass is 10.1. The van der Waals surface area contributed by atoms with Crippen molar-refractivity contribution in [2.75, 3.05) is 6.54 Å². The molecule has 1 N–H and O–H groups in total. The number of hydrogen-bond donors (Lipinski definition) is 1. The van der Waals surface area contributed by atoms with Crippen LogP contribution in [0.1, 0.15) is 30.8 Å². The predicted molar refractivity (Wildman–Crippen MR) is 74.4 cm³/mol. The van der Waals surface area contributed by atoms with Gasteiger partial charge in [-0.15, -0.1) is 0 Å². The molecule has 1 aromatic carbocycles. The molecule has 4 heteroatoms. The van der Waals surface area contributed by atoms with Gasteiger partial charge in [-0.25, -0.2) is 9.37 Å². The van der Waals surface area contributed by atoms with E-state index < -0.39 is 0 Å². The van der Waals surface area contributed by atoms with Crippen LogP contribution in [0.25, 0.3) is 0 Å². The number of nitrogens with one attached hydrogen (secondary N) is 1. The van der Waals surface area contributed by atoms with Crippen LogP contribution in [0.15, 0.2) is 36.7 Å². The average Bonchev–Trinajstić information content (AvgIpc) is 2.81. The zero-order valence-electron chi connectivity index (χ0n) is 11.4. The smallest absolute Gasteiger partial charge is 0.128 e. The maximum Gasteiger partial charge on any atom is 0.128 e. The topological polar surface area (TPSA) is 29.9 Å². The van der Waals surface area contributed by atoms with Crippen LogP contribution in [0, 0.1) is 12.7 Å². The highest BCUT2D eigenvalue weighted by molar-refractivity contribution is 5.21. The van der Waals surface area contributed by atoms with Gasteiger partial charge in [0, 0.05) is 24.5 Å². The molecule has 1 atom stereocenters. The molecule has 2 rings (SSSR count). The summed E-state index contributed by atoms with van der Waals surface area (Å²) in [6.45, 7) is 5.62. The molecule has 0 amide bonds. The van der Waals surface area contributed by atoms with Crippen molar-refractivity contribution in [2.45, 2.75) is 32.9 Å². The summed E-state index contributed by atoms with van der Waals surface area (Å²) in [6, 6.07) is 6.91. The van der Waals surface area contributed by atoms with E-state index >= 15 is 0 Å². The molecule has 0 saturated heterocycles. The monoisotopic (exact) mass is 261 g/mol. The Balaban J connectivity index is 2.21. The van der Waals surface area contributed by atoms with Crippen molar-refractivity contribution < 1.29 is 4.39 Å². The first-order chi connectivity index (χ1) is 9.22. The molecule has 0 radical (unpaired) electrons. The van der Waals surface area contributed by atoms with Gasteiger partial charge in [-0.1, -0.05) is 25.1 Å². The Hall–Kier alpha value is -1.68. The largest absolute Gasteiger partial charge is 0.333 e. The fraction of sp³-hybridized carbons (Fsp3) is 0.400. The van der Waals surface area contributed by atoms with Gasteiger partial charge in [0.2, 0.25) is 0 Å². The Morgan fingerprint density at radius 3 is 2.79 bits per heavy atom. The summed E-state index contributed by atoms with van der Waals surface area (Å²) in [4.78, 5) is 4.21. The molecule has 0 aliphatic heterocycles. The highest BCUT2D eigenvalue weighted by Crippen LogP contribution is 2.19. The van der Waals surface area contributed by atoms with Crippen LogP contribution in [-0.2, 0) is 6.54 Å². The number of imidazole rings is 1. The molecule has 1 aromatic heterocycles. The molecule has 2 aromatic rings. The second-order valence-electron chi connectivity index (χ2n) is 4.66. The van der Waals surface area contributed by atoms with Crippen LogP contribution in [0.5, 0.6) is 0 Å². The number of rotatable bonds is 6. The van der Waals surface area contributed by atoms with Crippen molar-refractivity contribution in [1.82, 2.24) is 14.9 Å². The summed E-state index contributed by atoms with van der Waals surface area (Å²) in [6.07, 6.45) is 4.72. The second kappa shape index (κ2) is 6.48. The van der Waals surface area contributed by atoms with E-state index in [1.807, 2.05) is 29.8 Å². The maximum absolute atomic E-state index is 13.9. The lowest BCUT2D eigenvalue weighted by molar-refractivity contribution is 0.440. The highest BCUT2D eigenvalue weighted by atomic mass is 19.1. The van der Waals surface area contributed by atoms with Gasteiger partial charge in [0.25, 0.3) is 0 Å². The third-order valence-electron chi connectivity index (χ3n) is 3.22. The van der Waals surface area contributed by atoms with Crippen molar-refractivity contribution in [2.24, 2.45) is 0 Å². The Morgan fingerprint density at radius 1 is 1.37 bits per heavy atom. The van der Waals surface area contributed by atoms with E-state index in [9.17, 15) is 4.39 Å². The number of benzene rings is 1. The van der Waals surface area contributed by atoms with Gasteiger partial charge in [0.15, 0.2) is 0 Å². The number of hydrogen-bond acceptors (Lipinski definition) is 2. The van der Waals surface area contributed by atoms with Crippen molar-refractivity contribution in [3.05, 3.63) is 53.9 Å². The molecule has 0 bridgehead atoms. The number of nitrogens with zero attached hydrogens (tertiary/aromatic N) is 2. The van der Waals surface area contributed by atoms with Crippen LogP contribution in [0.2, 0.25) is 0 Å².